The molecule has 0 aromatic carbocycles. The molecular formula is C19H27N3O4. The lowest BCUT2D eigenvalue weighted by molar-refractivity contribution is 0.0257. The van der Waals surface area contributed by atoms with Crippen molar-refractivity contribution in [3.8, 4) is 0 Å². The molecule has 1 saturated heterocycles. The number of amides is 2. The third-order valence-corrected chi connectivity index (χ3v) is 4.51. The van der Waals surface area contributed by atoms with Gasteiger partial charge in [-0.2, -0.15) is 0 Å². The monoisotopic (exact) mass is 361 g/mol. The molecule has 0 atom stereocenters. The van der Waals surface area contributed by atoms with E-state index in [2.05, 4.69) is 4.98 Å². The van der Waals surface area contributed by atoms with Gasteiger partial charge < -0.3 is 19.3 Å². The van der Waals surface area contributed by atoms with Crippen LogP contribution in [0.4, 0.5) is 4.79 Å². The smallest absolute Gasteiger partial charge is 0.410 e. The van der Waals surface area contributed by atoms with Crippen molar-refractivity contribution in [1.29, 1.82) is 0 Å². The molecule has 0 spiro atoms. The van der Waals surface area contributed by atoms with E-state index in [0.29, 0.717) is 57.9 Å². The average Bonchev–Trinajstić information content (AvgIpc) is 2.82. The minimum atomic E-state index is -0.508. The van der Waals surface area contributed by atoms with Gasteiger partial charge in [0.25, 0.3) is 5.91 Å². The first kappa shape index (κ1) is 18.6. The SMILES string of the molecule is CC(C)(C)OC(=O)N1CCc2ccc(C(=O)N3CCOCC3)nc2CC1. The third-order valence-electron chi connectivity index (χ3n) is 4.51. The van der Waals surface area contributed by atoms with Crippen molar-refractivity contribution >= 4 is 12.0 Å². The van der Waals surface area contributed by atoms with Crippen LogP contribution in [0.5, 0.6) is 0 Å². The predicted molar refractivity (Wildman–Crippen MR) is 96.2 cm³/mol. The molecule has 1 fully saturated rings. The first-order valence-corrected chi connectivity index (χ1v) is 9.17. The number of carbonyl (C=O) groups is 2. The van der Waals surface area contributed by atoms with Crippen LogP contribution in [-0.4, -0.2) is 71.8 Å². The highest BCUT2D eigenvalue weighted by molar-refractivity contribution is 5.92. The molecule has 7 nitrogen and oxygen atoms in total. The normalized spacial score (nSPS) is 18.1. The van der Waals surface area contributed by atoms with E-state index in [4.69, 9.17) is 9.47 Å². The van der Waals surface area contributed by atoms with Crippen LogP contribution >= 0.6 is 0 Å². The van der Waals surface area contributed by atoms with Gasteiger partial charge in [0.1, 0.15) is 11.3 Å². The summed E-state index contributed by atoms with van der Waals surface area (Å²) in [7, 11) is 0. The number of hydrogen-bond acceptors (Lipinski definition) is 5. The van der Waals surface area contributed by atoms with Gasteiger partial charge in [-0.3, -0.25) is 4.79 Å². The molecule has 142 valence electrons. The lowest BCUT2D eigenvalue weighted by Crippen LogP contribution is -2.41. The summed E-state index contributed by atoms with van der Waals surface area (Å²) < 4.78 is 10.8. The highest BCUT2D eigenvalue weighted by Crippen LogP contribution is 2.18. The summed E-state index contributed by atoms with van der Waals surface area (Å²) in [6, 6.07) is 3.76. The third kappa shape index (κ3) is 4.52. The summed E-state index contributed by atoms with van der Waals surface area (Å²) in [6.45, 7) is 9.08. The van der Waals surface area contributed by atoms with Gasteiger partial charge in [0.15, 0.2) is 0 Å². The predicted octanol–water partition coefficient (Wildman–Crippen LogP) is 1.89. The van der Waals surface area contributed by atoms with Gasteiger partial charge in [-0.1, -0.05) is 6.07 Å². The second kappa shape index (κ2) is 7.61. The minimum Gasteiger partial charge on any atom is -0.444 e. The standard InChI is InChI=1S/C19H27N3O4/c1-19(2,3)26-18(24)22-8-6-14-4-5-16(20-15(14)7-9-22)17(23)21-10-12-25-13-11-21/h4-5H,6-13H2,1-3H3. The average molecular weight is 361 g/mol. The first-order chi connectivity index (χ1) is 12.3. The molecule has 0 unspecified atom stereocenters. The molecule has 1 aromatic heterocycles. The quantitative estimate of drug-likeness (QED) is 0.764. The molecule has 0 bridgehead atoms. The van der Waals surface area contributed by atoms with E-state index in [1.165, 1.54) is 0 Å². The molecule has 3 heterocycles. The van der Waals surface area contributed by atoms with Gasteiger partial charge in [0.05, 0.1) is 13.2 Å². The fourth-order valence-corrected chi connectivity index (χ4v) is 3.14. The van der Waals surface area contributed by atoms with Crippen LogP contribution in [-0.2, 0) is 22.3 Å². The lowest BCUT2D eigenvalue weighted by atomic mass is 10.1. The van der Waals surface area contributed by atoms with Gasteiger partial charge in [0, 0.05) is 38.3 Å². The van der Waals surface area contributed by atoms with Crippen LogP contribution < -0.4 is 0 Å². The van der Waals surface area contributed by atoms with E-state index in [1.807, 2.05) is 26.8 Å². The first-order valence-electron chi connectivity index (χ1n) is 9.17. The second-order valence-corrected chi connectivity index (χ2v) is 7.67. The number of morpholine rings is 1. The van der Waals surface area contributed by atoms with Crippen molar-refractivity contribution in [2.45, 2.75) is 39.2 Å². The zero-order chi connectivity index (χ0) is 18.7. The Labute approximate surface area is 154 Å². The van der Waals surface area contributed by atoms with Crippen molar-refractivity contribution in [2.24, 2.45) is 0 Å². The molecule has 26 heavy (non-hydrogen) atoms. The number of rotatable bonds is 1. The molecule has 1 aromatic rings. The topological polar surface area (TPSA) is 72.0 Å². The number of nitrogens with zero attached hydrogens (tertiary/aromatic N) is 3. The van der Waals surface area contributed by atoms with E-state index in [9.17, 15) is 9.59 Å². The van der Waals surface area contributed by atoms with E-state index >= 15 is 0 Å². The van der Waals surface area contributed by atoms with Crippen molar-refractivity contribution in [2.75, 3.05) is 39.4 Å². The number of carbonyl (C=O) groups excluding carboxylic acids is 2. The van der Waals surface area contributed by atoms with Gasteiger partial charge >= 0.3 is 6.09 Å². The number of fused-ring (bicyclic) bond motifs is 1. The van der Waals surface area contributed by atoms with Gasteiger partial charge in [0.2, 0.25) is 0 Å². The Morgan fingerprint density at radius 1 is 1.04 bits per heavy atom. The van der Waals surface area contributed by atoms with Crippen LogP contribution in [0.25, 0.3) is 0 Å². The summed E-state index contributed by atoms with van der Waals surface area (Å²) >= 11 is 0. The van der Waals surface area contributed by atoms with E-state index < -0.39 is 5.60 Å². The summed E-state index contributed by atoms with van der Waals surface area (Å²) in [5, 5.41) is 0. The summed E-state index contributed by atoms with van der Waals surface area (Å²) in [4.78, 5) is 33.0. The van der Waals surface area contributed by atoms with E-state index in [0.717, 1.165) is 11.3 Å². The number of ether oxygens (including phenoxy) is 2. The lowest BCUT2D eigenvalue weighted by Gasteiger charge is -2.26. The molecule has 0 aliphatic carbocycles. The van der Waals surface area contributed by atoms with Gasteiger partial charge in [-0.15, -0.1) is 0 Å². The fraction of sp³-hybridized carbons (Fsp3) is 0.632. The van der Waals surface area contributed by atoms with Crippen molar-refractivity contribution in [3.05, 3.63) is 29.1 Å². The largest absolute Gasteiger partial charge is 0.444 e. The molecule has 0 radical (unpaired) electrons. The van der Waals surface area contributed by atoms with E-state index in [-0.39, 0.29) is 12.0 Å². The molecule has 0 N–H and O–H groups in total. The molecular weight excluding hydrogens is 334 g/mol. The Hall–Kier alpha value is -2.15. The summed E-state index contributed by atoms with van der Waals surface area (Å²) in [6.07, 6.45) is 1.04. The zero-order valence-corrected chi connectivity index (χ0v) is 15.8. The van der Waals surface area contributed by atoms with Crippen LogP contribution in [0, 0.1) is 0 Å². The molecule has 3 rings (SSSR count). The maximum atomic E-state index is 12.6. The maximum absolute atomic E-state index is 12.6. The highest BCUT2D eigenvalue weighted by Gasteiger charge is 2.26. The number of hydrogen-bond donors (Lipinski definition) is 0. The van der Waals surface area contributed by atoms with Crippen molar-refractivity contribution < 1.29 is 19.1 Å². The number of pyridine rings is 1. The fourth-order valence-electron chi connectivity index (χ4n) is 3.14. The zero-order valence-electron chi connectivity index (χ0n) is 15.8. The Morgan fingerprint density at radius 3 is 2.42 bits per heavy atom. The minimum absolute atomic E-state index is 0.0515. The maximum Gasteiger partial charge on any atom is 0.410 e. The van der Waals surface area contributed by atoms with Crippen molar-refractivity contribution in [3.63, 3.8) is 0 Å². The van der Waals surface area contributed by atoms with Crippen LogP contribution in [0.3, 0.4) is 0 Å². The van der Waals surface area contributed by atoms with Crippen LogP contribution in [0.1, 0.15) is 42.5 Å². The molecule has 2 aliphatic rings. The Bertz CT molecular complexity index is 678. The molecule has 7 heteroatoms. The van der Waals surface area contributed by atoms with Crippen molar-refractivity contribution in [1.82, 2.24) is 14.8 Å². The molecule has 2 aliphatic heterocycles. The van der Waals surface area contributed by atoms with Crippen LogP contribution in [0.2, 0.25) is 0 Å². The second-order valence-electron chi connectivity index (χ2n) is 7.67. The highest BCUT2D eigenvalue weighted by atomic mass is 16.6. The molecule has 0 saturated carbocycles. The van der Waals surface area contributed by atoms with Crippen LogP contribution in [0.15, 0.2) is 12.1 Å². The Morgan fingerprint density at radius 2 is 1.73 bits per heavy atom. The summed E-state index contributed by atoms with van der Waals surface area (Å²) in [5.41, 5.74) is 1.95. The Kier molecular flexibility index (Phi) is 5.46. The summed E-state index contributed by atoms with van der Waals surface area (Å²) in [5.74, 6) is -0.0515. The number of aromatic nitrogens is 1. The molecule has 2 amide bonds. The van der Waals surface area contributed by atoms with Gasteiger partial charge in [-0.05, 0) is 38.8 Å². The van der Waals surface area contributed by atoms with Gasteiger partial charge in [-0.25, -0.2) is 9.78 Å². The Balaban J connectivity index is 1.68. The van der Waals surface area contributed by atoms with E-state index in [1.54, 1.807) is 15.9 Å².